The first-order valence-corrected chi connectivity index (χ1v) is 5.78. The highest BCUT2D eigenvalue weighted by molar-refractivity contribution is 5.85. The summed E-state index contributed by atoms with van der Waals surface area (Å²) >= 11 is 0. The molecule has 0 spiro atoms. The van der Waals surface area contributed by atoms with E-state index < -0.39 is 0 Å². The topological polar surface area (TPSA) is 51.8 Å². The van der Waals surface area contributed by atoms with Crippen LogP contribution in [0.5, 0.6) is 0 Å². The zero-order valence-electron chi connectivity index (χ0n) is 9.19. The second-order valence-electron chi connectivity index (χ2n) is 4.66. The van der Waals surface area contributed by atoms with Crippen molar-refractivity contribution in [3.05, 3.63) is 36.2 Å². The fourth-order valence-electron chi connectivity index (χ4n) is 2.74. The van der Waals surface area contributed by atoms with Gasteiger partial charge in [0.1, 0.15) is 0 Å². The Kier molecular flexibility index (Phi) is 2.14. The normalized spacial score (nSPS) is 19.1. The van der Waals surface area contributed by atoms with E-state index in [1.807, 2.05) is 6.20 Å². The third kappa shape index (κ3) is 1.39. The number of nitrogens with zero attached hydrogens (tertiary/aromatic N) is 2. The van der Waals surface area contributed by atoms with Crippen LogP contribution in [0.25, 0.3) is 10.8 Å². The SMILES string of the molecule is NC1(c2cccc3cnncc23)CCCC1. The molecule has 0 aliphatic heterocycles. The standard InChI is InChI=1S/C13H15N3/c14-13(6-1-2-7-13)12-5-3-4-10-8-15-16-9-11(10)12/h3-5,8-9H,1-2,6-7,14H2. The van der Waals surface area contributed by atoms with Crippen LogP contribution in [0, 0.1) is 0 Å². The summed E-state index contributed by atoms with van der Waals surface area (Å²) in [6, 6.07) is 6.26. The molecule has 0 atom stereocenters. The second kappa shape index (κ2) is 3.52. The summed E-state index contributed by atoms with van der Waals surface area (Å²) in [6.07, 6.45) is 8.24. The minimum atomic E-state index is -0.150. The zero-order chi connectivity index (χ0) is 11.0. The number of fused-ring (bicyclic) bond motifs is 1. The number of benzene rings is 1. The van der Waals surface area contributed by atoms with Gasteiger partial charge in [-0.05, 0) is 18.4 Å². The lowest BCUT2D eigenvalue weighted by Gasteiger charge is -2.25. The highest BCUT2D eigenvalue weighted by Gasteiger charge is 2.32. The molecule has 16 heavy (non-hydrogen) atoms. The number of hydrogen-bond acceptors (Lipinski definition) is 3. The van der Waals surface area contributed by atoms with E-state index in [1.54, 1.807) is 6.20 Å². The van der Waals surface area contributed by atoms with Crippen LogP contribution >= 0.6 is 0 Å². The molecule has 1 aliphatic rings. The van der Waals surface area contributed by atoms with Crippen molar-refractivity contribution in [3.63, 3.8) is 0 Å². The smallest absolute Gasteiger partial charge is 0.0578 e. The molecule has 2 aromatic rings. The number of nitrogens with two attached hydrogens (primary N) is 1. The molecule has 1 saturated carbocycles. The van der Waals surface area contributed by atoms with Crippen molar-refractivity contribution in [1.29, 1.82) is 0 Å². The molecule has 3 heteroatoms. The van der Waals surface area contributed by atoms with Crippen LogP contribution in [0.4, 0.5) is 0 Å². The monoisotopic (exact) mass is 213 g/mol. The Morgan fingerprint density at radius 1 is 1.06 bits per heavy atom. The van der Waals surface area contributed by atoms with Gasteiger partial charge in [0.2, 0.25) is 0 Å². The number of hydrogen-bond donors (Lipinski definition) is 1. The summed E-state index contributed by atoms with van der Waals surface area (Å²) in [5.41, 5.74) is 7.58. The van der Waals surface area contributed by atoms with Crippen LogP contribution in [0.2, 0.25) is 0 Å². The van der Waals surface area contributed by atoms with Crippen molar-refractivity contribution < 1.29 is 0 Å². The molecule has 3 nitrogen and oxygen atoms in total. The van der Waals surface area contributed by atoms with E-state index >= 15 is 0 Å². The molecule has 0 unspecified atom stereocenters. The number of rotatable bonds is 1. The van der Waals surface area contributed by atoms with Crippen molar-refractivity contribution in [2.45, 2.75) is 31.2 Å². The summed E-state index contributed by atoms with van der Waals surface area (Å²) in [6.45, 7) is 0. The largest absolute Gasteiger partial charge is 0.321 e. The summed E-state index contributed by atoms with van der Waals surface area (Å²) in [5.74, 6) is 0. The van der Waals surface area contributed by atoms with Gasteiger partial charge in [0.25, 0.3) is 0 Å². The van der Waals surface area contributed by atoms with Crippen LogP contribution in [0.3, 0.4) is 0 Å². The average Bonchev–Trinajstić information content (AvgIpc) is 2.77. The summed E-state index contributed by atoms with van der Waals surface area (Å²) < 4.78 is 0. The highest BCUT2D eigenvalue weighted by Crippen LogP contribution is 2.38. The maximum atomic E-state index is 6.50. The van der Waals surface area contributed by atoms with Gasteiger partial charge < -0.3 is 5.73 Å². The first-order chi connectivity index (χ1) is 7.80. The lowest BCUT2D eigenvalue weighted by Crippen LogP contribution is -2.33. The van der Waals surface area contributed by atoms with Gasteiger partial charge >= 0.3 is 0 Å². The predicted octanol–water partition coefficient (Wildman–Crippen LogP) is 2.36. The summed E-state index contributed by atoms with van der Waals surface area (Å²) in [4.78, 5) is 0. The first-order valence-electron chi connectivity index (χ1n) is 5.78. The molecular formula is C13H15N3. The van der Waals surface area contributed by atoms with E-state index in [0.717, 1.165) is 23.6 Å². The molecule has 3 rings (SSSR count). The number of aromatic nitrogens is 2. The van der Waals surface area contributed by atoms with Crippen LogP contribution in [-0.4, -0.2) is 10.2 Å². The Morgan fingerprint density at radius 3 is 2.62 bits per heavy atom. The minimum absolute atomic E-state index is 0.150. The van der Waals surface area contributed by atoms with E-state index in [1.165, 1.54) is 18.4 Å². The zero-order valence-corrected chi connectivity index (χ0v) is 9.19. The van der Waals surface area contributed by atoms with E-state index in [2.05, 4.69) is 28.4 Å². The van der Waals surface area contributed by atoms with Crippen molar-refractivity contribution in [3.8, 4) is 0 Å². The van der Waals surface area contributed by atoms with E-state index in [0.29, 0.717) is 0 Å². The molecule has 1 fully saturated rings. The van der Waals surface area contributed by atoms with Gasteiger partial charge in [-0.2, -0.15) is 10.2 Å². The molecule has 82 valence electrons. The fraction of sp³-hybridized carbons (Fsp3) is 0.385. The summed E-state index contributed by atoms with van der Waals surface area (Å²) in [7, 11) is 0. The lowest BCUT2D eigenvalue weighted by molar-refractivity contribution is 0.465. The minimum Gasteiger partial charge on any atom is -0.321 e. The quantitative estimate of drug-likeness (QED) is 0.791. The van der Waals surface area contributed by atoms with Crippen molar-refractivity contribution in [2.24, 2.45) is 5.73 Å². The van der Waals surface area contributed by atoms with Gasteiger partial charge in [-0.3, -0.25) is 0 Å². The fourth-order valence-corrected chi connectivity index (χ4v) is 2.74. The van der Waals surface area contributed by atoms with Gasteiger partial charge in [0, 0.05) is 16.3 Å². The molecule has 0 amide bonds. The van der Waals surface area contributed by atoms with Crippen molar-refractivity contribution >= 4 is 10.8 Å². The first kappa shape index (κ1) is 9.73. The second-order valence-corrected chi connectivity index (χ2v) is 4.66. The lowest BCUT2D eigenvalue weighted by atomic mass is 9.86. The molecule has 0 bridgehead atoms. The Labute approximate surface area is 94.7 Å². The van der Waals surface area contributed by atoms with Gasteiger partial charge in [-0.15, -0.1) is 0 Å². The van der Waals surface area contributed by atoms with Crippen molar-refractivity contribution in [2.75, 3.05) is 0 Å². The molecule has 1 aliphatic carbocycles. The van der Waals surface area contributed by atoms with Crippen molar-refractivity contribution in [1.82, 2.24) is 10.2 Å². The maximum absolute atomic E-state index is 6.50. The molecule has 1 heterocycles. The van der Waals surface area contributed by atoms with E-state index in [4.69, 9.17) is 5.73 Å². The molecule has 1 aromatic carbocycles. The van der Waals surface area contributed by atoms with Crippen LogP contribution in [0.1, 0.15) is 31.2 Å². The third-order valence-electron chi connectivity index (χ3n) is 3.62. The molecule has 1 aromatic heterocycles. The van der Waals surface area contributed by atoms with Gasteiger partial charge in [-0.25, -0.2) is 0 Å². The predicted molar refractivity (Wildman–Crippen MR) is 63.9 cm³/mol. The Balaban J connectivity index is 2.23. The van der Waals surface area contributed by atoms with Crippen LogP contribution in [-0.2, 0) is 5.54 Å². The van der Waals surface area contributed by atoms with Crippen LogP contribution in [0.15, 0.2) is 30.6 Å². The summed E-state index contributed by atoms with van der Waals surface area (Å²) in [5, 5.41) is 10.2. The Hall–Kier alpha value is -1.48. The average molecular weight is 213 g/mol. The molecule has 2 N–H and O–H groups in total. The van der Waals surface area contributed by atoms with Gasteiger partial charge in [0.15, 0.2) is 0 Å². The molecule has 0 radical (unpaired) electrons. The molecule has 0 saturated heterocycles. The van der Waals surface area contributed by atoms with Gasteiger partial charge in [-0.1, -0.05) is 31.0 Å². The highest BCUT2D eigenvalue weighted by atomic mass is 15.1. The van der Waals surface area contributed by atoms with Gasteiger partial charge in [0.05, 0.1) is 12.4 Å². The third-order valence-corrected chi connectivity index (χ3v) is 3.62. The van der Waals surface area contributed by atoms with E-state index in [-0.39, 0.29) is 5.54 Å². The van der Waals surface area contributed by atoms with Crippen LogP contribution < -0.4 is 5.73 Å². The van der Waals surface area contributed by atoms with E-state index in [9.17, 15) is 0 Å². The molecular weight excluding hydrogens is 198 g/mol. The Bertz CT molecular complexity index is 510. The Morgan fingerprint density at radius 2 is 1.81 bits per heavy atom. The maximum Gasteiger partial charge on any atom is 0.0578 e.